The highest BCUT2D eigenvalue weighted by atomic mass is 32.2. The van der Waals surface area contributed by atoms with Gasteiger partial charge in [-0.3, -0.25) is 4.79 Å². The molecule has 0 aliphatic rings. The van der Waals surface area contributed by atoms with E-state index in [-0.39, 0.29) is 11.5 Å². The molecule has 2 aromatic heterocycles. The van der Waals surface area contributed by atoms with Gasteiger partial charge in [0.1, 0.15) is 5.75 Å². The number of nitrogens with zero attached hydrogens (tertiary/aromatic N) is 3. The van der Waals surface area contributed by atoms with Crippen LogP contribution in [-0.4, -0.2) is 33.4 Å². The third-order valence-electron chi connectivity index (χ3n) is 4.87. The summed E-state index contributed by atoms with van der Waals surface area (Å²) in [5.74, 6) is 1.99. The van der Waals surface area contributed by atoms with Gasteiger partial charge < -0.3 is 13.7 Å². The molecule has 0 spiro atoms. The Morgan fingerprint density at radius 3 is 2.72 bits per heavy atom. The zero-order valence-corrected chi connectivity index (χ0v) is 18.4. The maximum Gasteiger partial charge on any atom is 0.277 e. The summed E-state index contributed by atoms with van der Waals surface area (Å²) >= 11 is 1.25. The monoisotopic (exact) mass is 413 g/mol. The molecular formula is C22H27N3O3S. The van der Waals surface area contributed by atoms with Gasteiger partial charge in [-0.2, -0.15) is 0 Å². The number of aryl methyl sites for hydroxylation is 1. The second-order valence-electron chi connectivity index (χ2n) is 7.40. The van der Waals surface area contributed by atoms with E-state index in [1.165, 1.54) is 11.8 Å². The van der Waals surface area contributed by atoms with Crippen molar-refractivity contribution in [1.82, 2.24) is 14.8 Å². The number of Topliss-reactive ketones (excluding diaryl/α,β-unsaturated/α-hetero) is 1. The van der Waals surface area contributed by atoms with Crippen LogP contribution in [-0.2, 0) is 6.54 Å². The molecule has 3 aromatic rings. The lowest BCUT2D eigenvalue weighted by atomic mass is 10.1. The molecule has 2 heterocycles. The maximum atomic E-state index is 12.8. The zero-order valence-electron chi connectivity index (χ0n) is 17.6. The van der Waals surface area contributed by atoms with Crippen molar-refractivity contribution in [3.8, 4) is 17.2 Å². The predicted molar refractivity (Wildman–Crippen MR) is 115 cm³/mol. The Labute approximate surface area is 175 Å². The van der Waals surface area contributed by atoms with E-state index in [0.717, 1.165) is 35.5 Å². The average Bonchev–Trinajstić information content (AvgIpc) is 3.29. The van der Waals surface area contributed by atoms with Gasteiger partial charge in [-0.25, -0.2) is 0 Å². The molecule has 0 N–H and O–H groups in total. The van der Waals surface area contributed by atoms with Gasteiger partial charge in [-0.1, -0.05) is 37.7 Å². The molecule has 1 aromatic carbocycles. The Bertz CT molecular complexity index is 991. The van der Waals surface area contributed by atoms with Crippen molar-refractivity contribution < 1.29 is 13.9 Å². The minimum absolute atomic E-state index is 0.0657. The van der Waals surface area contributed by atoms with E-state index < -0.39 is 0 Å². The topological polar surface area (TPSA) is 70.2 Å². The highest BCUT2D eigenvalue weighted by Crippen LogP contribution is 2.30. The van der Waals surface area contributed by atoms with Gasteiger partial charge in [0.05, 0.1) is 18.4 Å². The van der Waals surface area contributed by atoms with E-state index in [1.807, 2.05) is 37.3 Å². The van der Waals surface area contributed by atoms with Crippen LogP contribution in [0.15, 0.2) is 40.0 Å². The number of carbonyl (C=O) groups is 1. The number of ether oxygens (including phenoxy) is 1. The predicted octanol–water partition coefficient (Wildman–Crippen LogP) is 5.18. The average molecular weight is 414 g/mol. The first kappa shape index (κ1) is 21.2. The Morgan fingerprint density at radius 1 is 1.24 bits per heavy atom. The molecule has 29 heavy (non-hydrogen) atoms. The minimum atomic E-state index is 0.0657. The standard InChI is InChI=1S/C22H27N3O3S/c1-14(2)10-11-25-15(3)12-18(16(25)4)19(26)13-29-22-24-23-21(28-22)17-8-6-7-9-20(17)27-5/h6-9,12,14H,10-11,13H2,1-5H3. The SMILES string of the molecule is COc1ccccc1-c1nnc(SCC(=O)c2cc(C)n(CCC(C)C)c2C)o1. The van der Waals surface area contributed by atoms with Crippen LogP contribution in [0.2, 0.25) is 0 Å². The number of hydrogen-bond acceptors (Lipinski definition) is 6. The Balaban J connectivity index is 1.67. The first-order valence-corrected chi connectivity index (χ1v) is 10.7. The van der Waals surface area contributed by atoms with Crippen LogP contribution < -0.4 is 4.74 Å². The molecule has 3 rings (SSSR count). The fourth-order valence-electron chi connectivity index (χ4n) is 3.22. The summed E-state index contributed by atoms with van der Waals surface area (Å²) in [4.78, 5) is 12.8. The third-order valence-corrected chi connectivity index (χ3v) is 5.69. The van der Waals surface area contributed by atoms with E-state index in [9.17, 15) is 4.79 Å². The molecule has 6 nitrogen and oxygen atoms in total. The fraction of sp³-hybridized carbons (Fsp3) is 0.409. The van der Waals surface area contributed by atoms with Crippen LogP contribution in [0.1, 0.15) is 42.0 Å². The van der Waals surface area contributed by atoms with Crippen molar-refractivity contribution in [1.29, 1.82) is 0 Å². The number of ketones is 1. The molecule has 0 aliphatic heterocycles. The molecule has 0 bridgehead atoms. The highest BCUT2D eigenvalue weighted by molar-refractivity contribution is 7.99. The number of benzene rings is 1. The zero-order chi connectivity index (χ0) is 21.0. The first-order chi connectivity index (χ1) is 13.9. The van der Waals surface area contributed by atoms with Crippen molar-refractivity contribution in [2.75, 3.05) is 12.9 Å². The molecule has 0 fully saturated rings. The smallest absolute Gasteiger partial charge is 0.277 e. The number of para-hydroxylation sites is 1. The number of carbonyl (C=O) groups excluding carboxylic acids is 1. The van der Waals surface area contributed by atoms with Crippen molar-refractivity contribution >= 4 is 17.5 Å². The van der Waals surface area contributed by atoms with Crippen LogP contribution in [0, 0.1) is 19.8 Å². The summed E-state index contributed by atoms with van der Waals surface area (Å²) in [6.07, 6.45) is 1.09. The Morgan fingerprint density at radius 2 is 2.00 bits per heavy atom. The fourth-order valence-corrected chi connectivity index (χ4v) is 3.86. The Hall–Kier alpha value is -2.54. The summed E-state index contributed by atoms with van der Waals surface area (Å²) in [7, 11) is 1.60. The van der Waals surface area contributed by atoms with Gasteiger partial charge in [0, 0.05) is 23.5 Å². The lowest BCUT2D eigenvalue weighted by Gasteiger charge is -2.11. The van der Waals surface area contributed by atoms with E-state index in [4.69, 9.17) is 9.15 Å². The second kappa shape index (κ2) is 9.31. The Kier molecular flexibility index (Phi) is 6.79. The summed E-state index contributed by atoms with van der Waals surface area (Å²) in [6.45, 7) is 9.41. The highest BCUT2D eigenvalue weighted by Gasteiger charge is 2.18. The maximum absolute atomic E-state index is 12.8. The lowest BCUT2D eigenvalue weighted by Crippen LogP contribution is -2.08. The molecule has 0 amide bonds. The van der Waals surface area contributed by atoms with Crippen LogP contribution >= 0.6 is 11.8 Å². The van der Waals surface area contributed by atoms with Crippen LogP contribution in [0.3, 0.4) is 0 Å². The summed E-state index contributed by atoms with van der Waals surface area (Å²) < 4.78 is 13.3. The lowest BCUT2D eigenvalue weighted by molar-refractivity contribution is 0.102. The molecule has 0 radical (unpaired) electrons. The number of methoxy groups -OCH3 is 1. The summed E-state index contributed by atoms with van der Waals surface area (Å²) in [5, 5.41) is 8.52. The summed E-state index contributed by atoms with van der Waals surface area (Å²) in [5.41, 5.74) is 3.64. The van der Waals surface area contributed by atoms with Crippen molar-refractivity contribution in [2.24, 2.45) is 5.92 Å². The van der Waals surface area contributed by atoms with Gasteiger partial charge in [-0.15, -0.1) is 10.2 Å². The van der Waals surface area contributed by atoms with E-state index in [0.29, 0.717) is 22.8 Å². The molecule has 0 unspecified atom stereocenters. The molecule has 7 heteroatoms. The number of rotatable bonds is 9. The van der Waals surface area contributed by atoms with E-state index in [2.05, 4.69) is 35.5 Å². The van der Waals surface area contributed by atoms with E-state index >= 15 is 0 Å². The van der Waals surface area contributed by atoms with Crippen molar-refractivity contribution in [2.45, 2.75) is 45.9 Å². The number of hydrogen-bond donors (Lipinski definition) is 0. The molecule has 0 saturated carbocycles. The normalized spacial score (nSPS) is 11.2. The van der Waals surface area contributed by atoms with Crippen LogP contribution in [0.25, 0.3) is 11.5 Å². The minimum Gasteiger partial charge on any atom is -0.496 e. The number of aromatic nitrogens is 3. The van der Waals surface area contributed by atoms with Crippen molar-refractivity contribution in [3.63, 3.8) is 0 Å². The molecule has 0 saturated heterocycles. The van der Waals surface area contributed by atoms with Crippen LogP contribution in [0.5, 0.6) is 5.75 Å². The third kappa shape index (κ3) is 4.90. The summed E-state index contributed by atoms with van der Waals surface area (Å²) in [6, 6.07) is 9.44. The molecular weight excluding hydrogens is 386 g/mol. The van der Waals surface area contributed by atoms with Crippen LogP contribution in [0.4, 0.5) is 0 Å². The molecule has 154 valence electrons. The molecule has 0 atom stereocenters. The van der Waals surface area contributed by atoms with Crippen molar-refractivity contribution in [3.05, 3.63) is 47.3 Å². The largest absolute Gasteiger partial charge is 0.496 e. The molecule has 0 aliphatic carbocycles. The van der Waals surface area contributed by atoms with Gasteiger partial charge in [0.25, 0.3) is 11.1 Å². The van der Waals surface area contributed by atoms with Gasteiger partial charge in [-0.05, 0) is 44.4 Å². The second-order valence-corrected chi connectivity index (χ2v) is 8.33. The quantitative estimate of drug-likeness (QED) is 0.355. The number of thioether (sulfide) groups is 1. The van der Waals surface area contributed by atoms with Gasteiger partial charge in [0.2, 0.25) is 0 Å². The van der Waals surface area contributed by atoms with Gasteiger partial charge >= 0.3 is 0 Å². The van der Waals surface area contributed by atoms with E-state index in [1.54, 1.807) is 7.11 Å². The van der Waals surface area contributed by atoms with Gasteiger partial charge in [0.15, 0.2) is 5.78 Å². The first-order valence-electron chi connectivity index (χ1n) is 9.70.